The van der Waals surface area contributed by atoms with Gasteiger partial charge in [-0.15, -0.1) is 0 Å². The topological polar surface area (TPSA) is 61.6 Å². The Morgan fingerprint density at radius 2 is 1.76 bits per heavy atom. The first-order valence-corrected chi connectivity index (χ1v) is 8.99. The van der Waals surface area contributed by atoms with E-state index in [2.05, 4.69) is 15.0 Å². The van der Waals surface area contributed by atoms with Gasteiger partial charge in [-0.25, -0.2) is 0 Å². The van der Waals surface area contributed by atoms with E-state index >= 15 is 0 Å². The minimum atomic E-state index is -4.59. The van der Waals surface area contributed by atoms with E-state index in [-0.39, 0.29) is 22.0 Å². The summed E-state index contributed by atoms with van der Waals surface area (Å²) in [5.41, 5.74) is 0.345. The van der Waals surface area contributed by atoms with Crippen molar-refractivity contribution in [3.63, 3.8) is 0 Å². The Hall–Kier alpha value is -3.42. The molecule has 148 valence electrons. The predicted octanol–water partition coefficient (Wildman–Crippen LogP) is 2.82. The number of aromatic nitrogens is 2. The van der Waals surface area contributed by atoms with Gasteiger partial charge in [-0.05, 0) is 30.2 Å². The van der Waals surface area contributed by atoms with E-state index in [0.29, 0.717) is 13.0 Å². The largest absolute Gasteiger partial charge is 0.506 e. The van der Waals surface area contributed by atoms with Gasteiger partial charge in [0.1, 0.15) is 11.4 Å². The molecule has 0 spiro atoms. The van der Waals surface area contributed by atoms with Crippen molar-refractivity contribution in [2.45, 2.75) is 18.8 Å². The summed E-state index contributed by atoms with van der Waals surface area (Å²) in [6.07, 6.45) is -0.719. The van der Waals surface area contributed by atoms with Crippen LogP contribution in [0.25, 0.3) is 6.20 Å². The minimum absolute atomic E-state index is 0.0621. The molecule has 5 nitrogen and oxygen atoms in total. The Balaban J connectivity index is 1.81. The number of benzene rings is 1. The number of fused-ring (bicyclic) bond motifs is 1. The monoisotopic (exact) mass is 398 g/mol. The quantitative estimate of drug-likeness (QED) is 0.734. The second kappa shape index (κ2) is 7.54. The van der Waals surface area contributed by atoms with Crippen molar-refractivity contribution < 1.29 is 18.3 Å². The Morgan fingerprint density at radius 1 is 0.966 bits per heavy atom. The van der Waals surface area contributed by atoms with E-state index in [1.54, 1.807) is 11.0 Å². The van der Waals surface area contributed by atoms with Crippen LogP contribution in [-0.4, -0.2) is 26.5 Å². The van der Waals surface area contributed by atoms with Gasteiger partial charge in [0.15, 0.2) is 11.9 Å². The van der Waals surface area contributed by atoms with E-state index in [1.165, 1.54) is 24.5 Å². The van der Waals surface area contributed by atoms with Crippen LogP contribution in [0.3, 0.4) is 0 Å². The van der Waals surface area contributed by atoms with Crippen molar-refractivity contribution >= 4 is 6.20 Å². The van der Waals surface area contributed by atoms with Gasteiger partial charge < -0.3 is 10.0 Å². The van der Waals surface area contributed by atoms with E-state index in [9.17, 15) is 18.3 Å². The van der Waals surface area contributed by atoms with Crippen LogP contribution >= 0.6 is 0 Å². The molecule has 0 fully saturated rings. The highest BCUT2D eigenvalue weighted by Crippen LogP contribution is 2.30. The smallest absolute Gasteiger partial charge is 0.434 e. The lowest BCUT2D eigenvalue weighted by atomic mass is 10.1. The first-order valence-electron chi connectivity index (χ1n) is 8.99. The first-order chi connectivity index (χ1) is 13.9. The zero-order valence-electron chi connectivity index (χ0n) is 15.2. The molecule has 1 aromatic carbocycles. The lowest BCUT2D eigenvalue weighted by molar-refractivity contribution is -0.142. The molecule has 0 saturated carbocycles. The molecule has 8 heteroatoms. The summed E-state index contributed by atoms with van der Waals surface area (Å²) in [4.78, 5) is 13.9. The number of hydrogen-bond donors (Lipinski definition) is 1. The second-order valence-corrected chi connectivity index (χ2v) is 6.60. The molecule has 1 unspecified atom stereocenters. The zero-order chi connectivity index (χ0) is 20.4. The summed E-state index contributed by atoms with van der Waals surface area (Å²) in [6.45, 7) is 0.389. The van der Waals surface area contributed by atoms with Gasteiger partial charge >= 0.3 is 6.18 Å². The molecule has 0 amide bonds. The van der Waals surface area contributed by atoms with E-state index in [0.717, 1.165) is 11.8 Å². The highest BCUT2D eigenvalue weighted by atomic mass is 19.4. The summed E-state index contributed by atoms with van der Waals surface area (Å²) in [6, 6.07) is 14.1. The number of nitrogens with zero attached hydrogens (tertiary/aromatic N) is 4. The van der Waals surface area contributed by atoms with Crippen LogP contribution in [0, 0.1) is 0 Å². The fourth-order valence-electron chi connectivity index (χ4n) is 3.29. The van der Waals surface area contributed by atoms with Crippen molar-refractivity contribution in [3.05, 3.63) is 88.5 Å². The van der Waals surface area contributed by atoms with E-state index in [4.69, 9.17) is 0 Å². The van der Waals surface area contributed by atoms with Crippen molar-refractivity contribution in [2.75, 3.05) is 6.54 Å². The molecule has 3 heterocycles. The van der Waals surface area contributed by atoms with Gasteiger partial charge in [0, 0.05) is 30.4 Å². The van der Waals surface area contributed by atoms with Crippen molar-refractivity contribution in [2.24, 2.45) is 4.99 Å². The molecule has 0 radical (unpaired) electrons. The van der Waals surface area contributed by atoms with E-state index in [1.807, 2.05) is 30.3 Å². The molecule has 1 aliphatic rings. The zero-order valence-corrected chi connectivity index (χ0v) is 15.2. The molecule has 1 atom stereocenters. The summed E-state index contributed by atoms with van der Waals surface area (Å²) in [5.74, 6) is -0.0621. The van der Waals surface area contributed by atoms with Gasteiger partial charge in [-0.3, -0.25) is 15.0 Å². The maximum absolute atomic E-state index is 13.4. The van der Waals surface area contributed by atoms with Crippen LogP contribution in [0.5, 0.6) is 5.75 Å². The number of hydrogen-bond acceptors (Lipinski definition) is 5. The molecule has 0 aliphatic carbocycles. The normalized spacial score (nSPS) is 16.0. The number of pyridine rings is 2. The lowest BCUT2D eigenvalue weighted by Crippen LogP contribution is -2.43. The summed E-state index contributed by atoms with van der Waals surface area (Å²) in [5, 5.41) is 10.3. The molecule has 0 bridgehead atoms. The molecular weight excluding hydrogens is 381 g/mol. The first kappa shape index (κ1) is 18.9. The van der Waals surface area contributed by atoms with Crippen LogP contribution in [-0.2, 0) is 12.6 Å². The van der Waals surface area contributed by atoms with Gasteiger partial charge in [0.2, 0.25) is 0 Å². The number of halogens is 3. The Kier molecular flexibility index (Phi) is 4.92. The molecule has 29 heavy (non-hydrogen) atoms. The fourth-order valence-corrected chi connectivity index (χ4v) is 3.29. The van der Waals surface area contributed by atoms with Crippen LogP contribution in [0.4, 0.5) is 13.2 Å². The highest BCUT2D eigenvalue weighted by molar-refractivity contribution is 5.35. The van der Waals surface area contributed by atoms with Crippen molar-refractivity contribution in [3.8, 4) is 5.75 Å². The number of rotatable bonds is 4. The van der Waals surface area contributed by atoms with Crippen LogP contribution in [0.15, 0.2) is 65.9 Å². The molecule has 3 aromatic rings. The maximum Gasteiger partial charge on any atom is 0.434 e. The maximum atomic E-state index is 13.4. The predicted molar refractivity (Wildman–Crippen MR) is 100.0 cm³/mol. The summed E-state index contributed by atoms with van der Waals surface area (Å²) < 4.78 is 40.3. The van der Waals surface area contributed by atoms with Gasteiger partial charge in [0.05, 0.1) is 5.36 Å². The SMILES string of the molecule is Oc1cccnc1C1N=c2ccnc(C(F)(F)F)c2=CN1CCc1ccccc1. The molecule has 1 aliphatic heterocycles. The summed E-state index contributed by atoms with van der Waals surface area (Å²) >= 11 is 0. The third kappa shape index (κ3) is 3.91. The average Bonchev–Trinajstić information content (AvgIpc) is 2.71. The number of alkyl halides is 3. The fraction of sp³-hybridized carbons (Fsp3) is 0.190. The van der Waals surface area contributed by atoms with E-state index < -0.39 is 18.0 Å². The third-order valence-corrected chi connectivity index (χ3v) is 4.67. The molecular formula is C21H17F3N4O. The Bertz CT molecular complexity index is 1130. The average molecular weight is 398 g/mol. The molecule has 2 aromatic heterocycles. The van der Waals surface area contributed by atoms with Gasteiger partial charge in [-0.2, -0.15) is 13.2 Å². The minimum Gasteiger partial charge on any atom is -0.506 e. The highest BCUT2D eigenvalue weighted by Gasteiger charge is 2.35. The van der Waals surface area contributed by atoms with Gasteiger partial charge in [0.25, 0.3) is 0 Å². The van der Waals surface area contributed by atoms with Crippen molar-refractivity contribution in [1.82, 2.24) is 14.9 Å². The Morgan fingerprint density at radius 3 is 2.48 bits per heavy atom. The Labute approximate surface area is 164 Å². The van der Waals surface area contributed by atoms with Crippen LogP contribution in [0.2, 0.25) is 0 Å². The lowest BCUT2D eigenvalue weighted by Gasteiger charge is -2.30. The van der Waals surface area contributed by atoms with Crippen LogP contribution < -0.4 is 10.6 Å². The van der Waals surface area contributed by atoms with Gasteiger partial charge in [-0.1, -0.05) is 30.3 Å². The van der Waals surface area contributed by atoms with Crippen LogP contribution in [0.1, 0.15) is 23.1 Å². The molecule has 1 N–H and O–H groups in total. The third-order valence-electron chi connectivity index (χ3n) is 4.67. The number of aromatic hydroxyl groups is 1. The second-order valence-electron chi connectivity index (χ2n) is 6.60. The van der Waals surface area contributed by atoms with Crippen molar-refractivity contribution in [1.29, 1.82) is 0 Å². The standard InChI is InChI=1S/C21H17F3N4O/c22-21(23,24)19-15-13-28(12-9-14-5-2-1-3-6-14)20(27-16(15)8-11-26-19)18-17(29)7-4-10-25-18/h1-8,10-11,13,20,29H,9,12H2. The molecule has 4 rings (SSSR count). The molecule has 0 saturated heterocycles. The summed E-state index contributed by atoms with van der Waals surface area (Å²) in [7, 11) is 0.